The molecule has 26 heavy (non-hydrogen) atoms. The Morgan fingerprint density at radius 2 is 1.38 bits per heavy atom. The summed E-state index contributed by atoms with van der Waals surface area (Å²) in [6.07, 6.45) is 3.45. The van der Waals surface area contributed by atoms with Crippen molar-refractivity contribution in [1.82, 2.24) is 9.97 Å². The van der Waals surface area contributed by atoms with Crippen molar-refractivity contribution in [2.75, 3.05) is 0 Å². The number of hydrogen-bond donors (Lipinski definition) is 1. The Balaban J connectivity index is 0.000000451. The van der Waals surface area contributed by atoms with E-state index < -0.39 is 0 Å². The smallest absolute Gasteiger partial charge is 0.148 e. The zero-order valence-corrected chi connectivity index (χ0v) is 15.9. The zero-order chi connectivity index (χ0) is 16.8. The van der Waals surface area contributed by atoms with Crippen molar-refractivity contribution >= 4 is 21.5 Å². The van der Waals surface area contributed by atoms with Gasteiger partial charge in [0, 0.05) is 51.6 Å². The van der Waals surface area contributed by atoms with Crippen LogP contribution in [-0.2, 0) is 27.0 Å². The average molecular weight is 436 g/mol. The van der Waals surface area contributed by atoms with Crippen LogP contribution in [0.15, 0.2) is 73.1 Å². The van der Waals surface area contributed by atoms with Crippen molar-refractivity contribution < 1.29 is 21.8 Å². The molecular formula is C21H21N4Pd-. The van der Waals surface area contributed by atoms with E-state index in [0.29, 0.717) is 12.2 Å². The Kier molecular flexibility index (Phi) is 8.55. The molecule has 0 aliphatic carbocycles. The second kappa shape index (κ2) is 10.4. The molecule has 136 valence electrons. The Labute approximate surface area is 168 Å². The van der Waals surface area contributed by atoms with Gasteiger partial charge in [-0.1, -0.05) is 48.5 Å². The van der Waals surface area contributed by atoms with Gasteiger partial charge in [0.05, 0.1) is 5.69 Å². The predicted octanol–water partition coefficient (Wildman–Crippen LogP) is 4.49. The van der Waals surface area contributed by atoms with Crippen molar-refractivity contribution in [3.8, 4) is 6.07 Å². The second-order valence-corrected chi connectivity index (χ2v) is 5.18. The summed E-state index contributed by atoms with van der Waals surface area (Å²) in [5, 5.41) is 13.1. The fourth-order valence-corrected chi connectivity index (χ4v) is 2.55. The van der Waals surface area contributed by atoms with Crippen molar-refractivity contribution in [3.63, 3.8) is 0 Å². The molecule has 2 aromatic carbocycles. The van der Waals surface area contributed by atoms with Crippen LogP contribution in [-0.4, -0.2) is 9.97 Å². The number of pyridine rings is 2. The van der Waals surface area contributed by atoms with Gasteiger partial charge in [0.2, 0.25) is 0 Å². The minimum absolute atomic E-state index is 0. The van der Waals surface area contributed by atoms with Gasteiger partial charge in [0.25, 0.3) is 0 Å². The Bertz CT molecular complexity index is 1020. The Morgan fingerprint density at radius 1 is 0.846 bits per heavy atom. The van der Waals surface area contributed by atoms with Crippen LogP contribution in [0.1, 0.15) is 12.8 Å². The van der Waals surface area contributed by atoms with Gasteiger partial charge in [0.15, 0.2) is 0 Å². The molecule has 0 saturated heterocycles. The minimum atomic E-state index is 0. The number of rotatable bonds is 1. The van der Waals surface area contributed by atoms with Crippen molar-refractivity contribution in [2.45, 2.75) is 6.54 Å². The summed E-state index contributed by atoms with van der Waals surface area (Å²) in [5.74, 6) is 0. The van der Waals surface area contributed by atoms with Gasteiger partial charge in [-0.25, -0.2) is 4.98 Å². The summed E-state index contributed by atoms with van der Waals surface area (Å²) in [6.45, 7) is 0.501. The molecule has 4 nitrogen and oxygen atoms in total. The molecule has 0 unspecified atom stereocenters. The largest absolute Gasteiger partial charge is 0.358 e. The van der Waals surface area contributed by atoms with Crippen LogP contribution in [0.4, 0.5) is 0 Å². The number of nitriles is 1. The fraction of sp³-hybridized carbons (Fsp3) is 0.0476. The molecule has 5 heteroatoms. The SMILES string of the molecule is N#Cc1nccc2ccccc12.NCc1nccc2ccccc12.[CH3-].[HH].[Pd]. The maximum Gasteiger partial charge on any atom is 0.148 e. The Morgan fingerprint density at radius 3 is 2.00 bits per heavy atom. The first kappa shape index (κ1) is 21.4. The van der Waals surface area contributed by atoms with Crippen molar-refractivity contribution in [1.29, 1.82) is 5.26 Å². The molecule has 0 spiro atoms. The molecule has 0 fully saturated rings. The van der Waals surface area contributed by atoms with Crippen LogP contribution < -0.4 is 5.73 Å². The van der Waals surface area contributed by atoms with Crippen LogP contribution in [0.2, 0.25) is 0 Å². The number of hydrogen-bond acceptors (Lipinski definition) is 4. The third kappa shape index (κ3) is 4.72. The number of benzene rings is 2. The second-order valence-electron chi connectivity index (χ2n) is 5.18. The first-order valence-corrected chi connectivity index (χ1v) is 7.60. The molecule has 0 aliphatic rings. The van der Waals surface area contributed by atoms with Gasteiger partial charge < -0.3 is 13.2 Å². The van der Waals surface area contributed by atoms with Crippen LogP contribution in [0, 0.1) is 18.8 Å². The number of nitrogens with two attached hydrogens (primary N) is 1. The van der Waals surface area contributed by atoms with Crippen LogP contribution >= 0.6 is 0 Å². The minimum Gasteiger partial charge on any atom is -0.358 e. The summed E-state index contributed by atoms with van der Waals surface area (Å²) in [6, 6.07) is 21.8. The molecule has 0 bridgehead atoms. The number of nitrogens with zero attached hydrogens (tertiary/aromatic N) is 3. The molecule has 0 saturated carbocycles. The van der Waals surface area contributed by atoms with Crippen molar-refractivity contribution in [3.05, 3.63) is 91.9 Å². The van der Waals surface area contributed by atoms with Gasteiger partial charge in [0.1, 0.15) is 11.8 Å². The molecule has 4 rings (SSSR count). The van der Waals surface area contributed by atoms with Crippen LogP contribution in [0.5, 0.6) is 0 Å². The maximum absolute atomic E-state index is 8.72. The molecular weight excluding hydrogens is 415 g/mol. The van der Waals surface area contributed by atoms with Crippen LogP contribution in [0.3, 0.4) is 0 Å². The van der Waals surface area contributed by atoms with E-state index >= 15 is 0 Å². The quantitative estimate of drug-likeness (QED) is 0.353. The third-order valence-electron chi connectivity index (χ3n) is 3.73. The third-order valence-corrected chi connectivity index (χ3v) is 3.73. The molecule has 4 aromatic rings. The van der Waals surface area contributed by atoms with E-state index in [9.17, 15) is 0 Å². The van der Waals surface area contributed by atoms with E-state index in [0.717, 1.165) is 21.9 Å². The standard InChI is InChI=1S/C10H10N2.C10H6N2.CH3.Pd.H2/c2*11-7-10-9-4-2-1-3-8(9)5-6-12-10;;;/h1-6H,7,11H2;1-6H;1H3;;1H/q;;-1;;. The van der Waals surface area contributed by atoms with Crippen molar-refractivity contribution in [2.24, 2.45) is 5.73 Å². The van der Waals surface area contributed by atoms with E-state index in [-0.39, 0.29) is 29.3 Å². The van der Waals surface area contributed by atoms with Gasteiger partial charge >= 0.3 is 0 Å². The summed E-state index contributed by atoms with van der Waals surface area (Å²) in [4.78, 5) is 8.16. The molecule has 2 heterocycles. The first-order chi connectivity index (χ1) is 11.8. The van der Waals surface area contributed by atoms with Gasteiger partial charge in [-0.05, 0) is 22.9 Å². The summed E-state index contributed by atoms with van der Waals surface area (Å²) in [7, 11) is 0. The maximum atomic E-state index is 8.72. The van der Waals surface area contributed by atoms with E-state index in [2.05, 4.69) is 22.1 Å². The normalized spacial score (nSPS) is 9.23. The summed E-state index contributed by atoms with van der Waals surface area (Å²) in [5.41, 5.74) is 7.01. The topological polar surface area (TPSA) is 75.6 Å². The number of fused-ring (bicyclic) bond motifs is 2. The van der Waals surface area contributed by atoms with E-state index in [1.807, 2.05) is 54.6 Å². The molecule has 0 radical (unpaired) electrons. The van der Waals surface area contributed by atoms with Crippen LogP contribution in [0.25, 0.3) is 21.5 Å². The summed E-state index contributed by atoms with van der Waals surface area (Å²) >= 11 is 0. The van der Waals surface area contributed by atoms with Gasteiger partial charge in [-0.3, -0.25) is 4.98 Å². The van der Waals surface area contributed by atoms with Gasteiger partial charge in [-0.15, -0.1) is 0 Å². The number of aromatic nitrogens is 2. The summed E-state index contributed by atoms with van der Waals surface area (Å²) < 4.78 is 0. The van der Waals surface area contributed by atoms with Gasteiger partial charge in [-0.2, -0.15) is 5.26 Å². The predicted molar refractivity (Wildman–Crippen MR) is 105 cm³/mol. The zero-order valence-electron chi connectivity index (χ0n) is 14.4. The first-order valence-electron chi connectivity index (χ1n) is 7.60. The Hall–Kier alpha value is -2.63. The molecule has 0 aliphatic heterocycles. The fourth-order valence-electron chi connectivity index (χ4n) is 2.55. The van der Waals surface area contributed by atoms with E-state index in [1.165, 1.54) is 5.39 Å². The molecule has 2 N–H and O–H groups in total. The molecule has 0 atom stereocenters. The average Bonchev–Trinajstić information content (AvgIpc) is 2.67. The molecule has 2 aromatic heterocycles. The monoisotopic (exact) mass is 435 g/mol. The van der Waals surface area contributed by atoms with E-state index in [4.69, 9.17) is 11.0 Å². The molecule has 0 amide bonds. The van der Waals surface area contributed by atoms with E-state index in [1.54, 1.807) is 12.4 Å².